The van der Waals surface area contributed by atoms with Gasteiger partial charge in [0, 0.05) is 29.8 Å². The molecule has 1 aliphatic carbocycles. The number of rotatable bonds is 4. The van der Waals surface area contributed by atoms with Crippen molar-refractivity contribution in [3.05, 3.63) is 30.5 Å². The first-order valence-corrected chi connectivity index (χ1v) is 8.68. The third kappa shape index (κ3) is 3.38. The maximum absolute atomic E-state index is 12.0. The molecule has 1 saturated carbocycles. The van der Waals surface area contributed by atoms with Crippen molar-refractivity contribution in [2.24, 2.45) is 5.92 Å². The summed E-state index contributed by atoms with van der Waals surface area (Å²) in [4.78, 5) is 16.3. The van der Waals surface area contributed by atoms with Crippen molar-refractivity contribution in [2.75, 3.05) is 23.0 Å². The number of nitrogens with zero attached hydrogens (tertiary/aromatic N) is 1. The summed E-state index contributed by atoms with van der Waals surface area (Å²) < 4.78 is 5.85. The Hall–Kier alpha value is -2.76. The summed E-state index contributed by atoms with van der Waals surface area (Å²) in [6.07, 6.45) is 4.62. The fraction of sp³-hybridized carbons (Fsp3) is 0.368. The van der Waals surface area contributed by atoms with Crippen LogP contribution in [0, 0.1) is 5.92 Å². The van der Waals surface area contributed by atoms with Gasteiger partial charge in [0.25, 0.3) is 0 Å². The van der Waals surface area contributed by atoms with Crippen LogP contribution in [0.5, 0.6) is 5.75 Å². The molecule has 1 atom stereocenters. The monoisotopic (exact) mass is 338 g/mol. The van der Waals surface area contributed by atoms with Gasteiger partial charge in [-0.05, 0) is 37.8 Å². The van der Waals surface area contributed by atoms with Crippen LogP contribution >= 0.6 is 0 Å². The molecule has 6 heteroatoms. The maximum atomic E-state index is 12.0. The van der Waals surface area contributed by atoms with Gasteiger partial charge in [-0.2, -0.15) is 0 Å². The van der Waals surface area contributed by atoms with E-state index in [0.29, 0.717) is 30.5 Å². The summed E-state index contributed by atoms with van der Waals surface area (Å²) in [6, 6.07) is 7.81. The second kappa shape index (κ2) is 6.27. The van der Waals surface area contributed by atoms with E-state index in [1.165, 1.54) is 12.8 Å². The van der Waals surface area contributed by atoms with Crippen molar-refractivity contribution in [1.29, 1.82) is 0 Å². The fourth-order valence-corrected chi connectivity index (χ4v) is 3.04. The summed E-state index contributed by atoms with van der Waals surface area (Å²) in [5.74, 6) is 1.68. The number of nitrogen functional groups attached to an aromatic ring is 1. The molecule has 2 heterocycles. The van der Waals surface area contributed by atoms with Gasteiger partial charge in [-0.15, -0.1) is 0 Å². The maximum Gasteiger partial charge on any atom is 0.226 e. The molecule has 0 radical (unpaired) electrons. The third-order valence-electron chi connectivity index (χ3n) is 4.59. The highest BCUT2D eigenvalue weighted by Crippen LogP contribution is 2.38. The number of aromatic nitrogens is 1. The minimum absolute atomic E-state index is 0.0137. The van der Waals surface area contributed by atoms with Gasteiger partial charge < -0.3 is 21.1 Å². The van der Waals surface area contributed by atoms with Crippen LogP contribution in [0.15, 0.2) is 30.5 Å². The lowest BCUT2D eigenvalue weighted by Crippen LogP contribution is -2.19. The van der Waals surface area contributed by atoms with Gasteiger partial charge in [0.1, 0.15) is 0 Å². The average molecular weight is 338 g/mol. The highest BCUT2D eigenvalue weighted by Gasteiger charge is 2.23. The van der Waals surface area contributed by atoms with Gasteiger partial charge in [0.15, 0.2) is 11.6 Å². The number of para-hydroxylation sites is 1. The smallest absolute Gasteiger partial charge is 0.226 e. The van der Waals surface area contributed by atoms with Crippen LogP contribution in [0.3, 0.4) is 0 Å². The molecular weight excluding hydrogens is 316 g/mol. The van der Waals surface area contributed by atoms with Crippen molar-refractivity contribution in [1.82, 2.24) is 4.98 Å². The van der Waals surface area contributed by atoms with E-state index < -0.39 is 0 Å². The van der Waals surface area contributed by atoms with E-state index in [1.807, 2.05) is 31.2 Å². The molecule has 0 spiro atoms. The number of pyridine rings is 1. The SMILES string of the molecule is C[C@@H]1CC(=O)Nc2cccc(-c3cnc(N)c(OCC4CC4)c3)c2N1. The minimum atomic E-state index is 0.0137. The molecule has 1 fully saturated rings. The first-order chi connectivity index (χ1) is 12.1. The van der Waals surface area contributed by atoms with Crippen molar-refractivity contribution >= 4 is 23.1 Å². The summed E-state index contributed by atoms with van der Waals surface area (Å²) in [5.41, 5.74) is 9.53. The number of ether oxygens (including phenoxy) is 1. The van der Waals surface area contributed by atoms with Crippen LogP contribution in [-0.4, -0.2) is 23.5 Å². The van der Waals surface area contributed by atoms with Gasteiger partial charge in [-0.25, -0.2) is 4.98 Å². The third-order valence-corrected chi connectivity index (χ3v) is 4.59. The molecular formula is C19H22N4O2. The summed E-state index contributed by atoms with van der Waals surface area (Å²) in [6.45, 7) is 2.68. The van der Waals surface area contributed by atoms with Crippen molar-refractivity contribution in [2.45, 2.75) is 32.2 Å². The molecule has 4 rings (SSSR count). The van der Waals surface area contributed by atoms with E-state index >= 15 is 0 Å². The normalized spacial score (nSPS) is 19.4. The molecule has 2 aromatic rings. The zero-order valence-electron chi connectivity index (χ0n) is 14.2. The number of hydrogen-bond donors (Lipinski definition) is 3. The van der Waals surface area contributed by atoms with E-state index in [0.717, 1.165) is 22.5 Å². The molecule has 4 N–H and O–H groups in total. The van der Waals surface area contributed by atoms with Gasteiger partial charge in [0.2, 0.25) is 5.91 Å². The molecule has 1 aromatic carbocycles. The number of carbonyl (C=O) groups is 1. The summed E-state index contributed by atoms with van der Waals surface area (Å²) in [7, 11) is 0. The topological polar surface area (TPSA) is 89.3 Å². The van der Waals surface area contributed by atoms with E-state index in [1.54, 1.807) is 6.20 Å². The van der Waals surface area contributed by atoms with E-state index in [4.69, 9.17) is 10.5 Å². The van der Waals surface area contributed by atoms with Gasteiger partial charge >= 0.3 is 0 Å². The zero-order valence-corrected chi connectivity index (χ0v) is 14.2. The minimum Gasteiger partial charge on any atom is -0.489 e. The van der Waals surface area contributed by atoms with E-state index in [-0.39, 0.29) is 11.9 Å². The number of amides is 1. The number of hydrogen-bond acceptors (Lipinski definition) is 5. The predicted molar refractivity (Wildman–Crippen MR) is 98.6 cm³/mol. The number of anilines is 3. The van der Waals surface area contributed by atoms with Crippen LogP contribution in [0.2, 0.25) is 0 Å². The Balaban J connectivity index is 1.71. The van der Waals surface area contributed by atoms with Crippen LogP contribution < -0.4 is 21.1 Å². The molecule has 25 heavy (non-hydrogen) atoms. The molecule has 6 nitrogen and oxygen atoms in total. The average Bonchev–Trinajstić information content (AvgIpc) is 3.40. The molecule has 0 unspecified atom stereocenters. The van der Waals surface area contributed by atoms with Gasteiger partial charge in [-0.3, -0.25) is 4.79 Å². The molecule has 2 aliphatic rings. The summed E-state index contributed by atoms with van der Waals surface area (Å²) in [5, 5.41) is 6.39. The number of nitrogens with one attached hydrogen (secondary N) is 2. The van der Waals surface area contributed by atoms with Crippen molar-refractivity contribution in [3.63, 3.8) is 0 Å². The Morgan fingerprint density at radius 1 is 1.36 bits per heavy atom. The molecule has 1 amide bonds. The number of benzene rings is 1. The highest BCUT2D eigenvalue weighted by atomic mass is 16.5. The largest absolute Gasteiger partial charge is 0.489 e. The van der Waals surface area contributed by atoms with Crippen LogP contribution in [0.1, 0.15) is 26.2 Å². The second-order valence-electron chi connectivity index (χ2n) is 6.89. The Kier molecular flexibility index (Phi) is 3.95. The number of fused-ring (bicyclic) bond motifs is 1. The first kappa shape index (κ1) is 15.7. The van der Waals surface area contributed by atoms with Gasteiger partial charge in [-0.1, -0.05) is 12.1 Å². The molecule has 1 aromatic heterocycles. The Morgan fingerprint density at radius 2 is 2.20 bits per heavy atom. The van der Waals surface area contributed by atoms with Gasteiger partial charge in [0.05, 0.1) is 18.0 Å². The molecule has 1 aliphatic heterocycles. The fourth-order valence-electron chi connectivity index (χ4n) is 3.04. The number of carbonyl (C=O) groups excluding carboxylic acids is 1. The van der Waals surface area contributed by atoms with E-state index in [9.17, 15) is 4.79 Å². The predicted octanol–water partition coefficient (Wildman–Crippen LogP) is 3.26. The number of nitrogens with two attached hydrogens (primary N) is 1. The Bertz CT molecular complexity index is 817. The van der Waals surface area contributed by atoms with Crippen LogP contribution in [0.4, 0.5) is 17.2 Å². The lowest BCUT2D eigenvalue weighted by atomic mass is 10.0. The van der Waals surface area contributed by atoms with Crippen molar-refractivity contribution < 1.29 is 9.53 Å². The zero-order chi connectivity index (χ0) is 17.4. The lowest BCUT2D eigenvalue weighted by molar-refractivity contribution is -0.116. The quantitative estimate of drug-likeness (QED) is 0.796. The first-order valence-electron chi connectivity index (χ1n) is 8.68. The standard InChI is InChI=1S/C19H22N4O2/c1-11-7-17(24)23-15-4-2-3-14(18(15)22-11)13-8-16(19(20)21-9-13)25-10-12-5-6-12/h2-4,8-9,11-12,22H,5-7,10H2,1H3,(H2,20,21)(H,23,24)/t11-/m1/s1. The van der Waals surface area contributed by atoms with Crippen molar-refractivity contribution in [3.8, 4) is 16.9 Å². The highest BCUT2D eigenvalue weighted by molar-refractivity contribution is 6.00. The van der Waals surface area contributed by atoms with E-state index in [2.05, 4.69) is 15.6 Å². The summed E-state index contributed by atoms with van der Waals surface area (Å²) >= 11 is 0. The molecule has 0 bridgehead atoms. The Labute approximate surface area is 146 Å². The second-order valence-corrected chi connectivity index (χ2v) is 6.89. The Morgan fingerprint density at radius 3 is 3.00 bits per heavy atom. The molecule has 130 valence electrons. The lowest BCUT2D eigenvalue weighted by Gasteiger charge is -2.17. The van der Waals surface area contributed by atoms with Crippen LogP contribution in [0.25, 0.3) is 11.1 Å². The molecule has 0 saturated heterocycles. The van der Waals surface area contributed by atoms with Crippen LogP contribution in [-0.2, 0) is 4.79 Å².